The maximum absolute atomic E-state index is 6.05. The first kappa shape index (κ1) is 14.9. The molecule has 0 aromatic heterocycles. The van der Waals surface area contributed by atoms with Crippen LogP contribution in [0.1, 0.15) is 35.4 Å². The molecule has 0 atom stereocenters. The third kappa shape index (κ3) is 3.42. The number of hydrogen-bond donors (Lipinski definition) is 0. The number of rotatable bonds is 7. The molecule has 0 bridgehead atoms. The van der Waals surface area contributed by atoms with Gasteiger partial charge in [-0.3, -0.25) is 0 Å². The van der Waals surface area contributed by atoms with Crippen LogP contribution in [0.4, 0.5) is 0 Å². The first-order chi connectivity index (χ1) is 10.8. The monoisotopic (exact) mass is 298 g/mol. The van der Waals surface area contributed by atoms with Gasteiger partial charge in [0.2, 0.25) is 0 Å². The van der Waals surface area contributed by atoms with Crippen LogP contribution in [0.15, 0.2) is 42.5 Å². The Kier molecular flexibility index (Phi) is 4.64. The highest BCUT2D eigenvalue weighted by Gasteiger charge is 2.26. The van der Waals surface area contributed by atoms with E-state index in [1.807, 2.05) is 18.2 Å². The first-order valence-electron chi connectivity index (χ1n) is 7.68. The molecule has 0 saturated heterocycles. The largest absolute Gasteiger partial charge is 0.493 e. The Morgan fingerprint density at radius 1 is 1.00 bits per heavy atom. The highest BCUT2D eigenvalue weighted by Crippen LogP contribution is 2.44. The van der Waals surface area contributed by atoms with E-state index in [-0.39, 0.29) is 0 Å². The van der Waals surface area contributed by atoms with Crippen molar-refractivity contribution in [2.45, 2.75) is 32.0 Å². The Bertz CT molecular complexity index is 618. The molecule has 1 aliphatic carbocycles. The van der Waals surface area contributed by atoms with Crippen molar-refractivity contribution in [2.24, 2.45) is 0 Å². The minimum absolute atomic E-state index is 0.524. The van der Waals surface area contributed by atoms with Crippen LogP contribution in [0.5, 0.6) is 11.5 Å². The summed E-state index contributed by atoms with van der Waals surface area (Å²) in [5.41, 5.74) is 3.52. The van der Waals surface area contributed by atoms with Gasteiger partial charge in [-0.15, -0.1) is 0 Å². The molecule has 22 heavy (non-hydrogen) atoms. The van der Waals surface area contributed by atoms with Gasteiger partial charge in [-0.25, -0.2) is 0 Å². The standard InChI is InChI=1S/C19H22O3/c1-20-13-17-10-16(15-8-9-15)11-18(21-2)19(17)22-12-14-6-4-3-5-7-14/h3-7,10-11,15H,8-9,12-13H2,1-2H3. The van der Waals surface area contributed by atoms with Crippen LogP contribution in [0.3, 0.4) is 0 Å². The van der Waals surface area contributed by atoms with Gasteiger partial charge in [0, 0.05) is 12.7 Å². The second-order valence-corrected chi connectivity index (χ2v) is 5.69. The van der Waals surface area contributed by atoms with Crippen LogP contribution in [0.2, 0.25) is 0 Å². The SMILES string of the molecule is COCc1cc(C2CC2)cc(OC)c1OCc1ccccc1. The molecule has 0 aliphatic heterocycles. The molecule has 0 amide bonds. The van der Waals surface area contributed by atoms with Crippen molar-refractivity contribution in [1.82, 2.24) is 0 Å². The Hall–Kier alpha value is -2.00. The van der Waals surface area contributed by atoms with Crippen LogP contribution in [-0.2, 0) is 18.0 Å². The van der Waals surface area contributed by atoms with Crippen LogP contribution < -0.4 is 9.47 Å². The van der Waals surface area contributed by atoms with Gasteiger partial charge >= 0.3 is 0 Å². The summed E-state index contributed by atoms with van der Waals surface area (Å²) < 4.78 is 16.9. The van der Waals surface area contributed by atoms with Crippen molar-refractivity contribution in [2.75, 3.05) is 14.2 Å². The van der Waals surface area contributed by atoms with E-state index < -0.39 is 0 Å². The molecule has 0 radical (unpaired) electrons. The maximum atomic E-state index is 6.05. The van der Waals surface area contributed by atoms with Gasteiger partial charge in [-0.1, -0.05) is 30.3 Å². The predicted molar refractivity (Wildman–Crippen MR) is 86.5 cm³/mol. The molecule has 3 rings (SSSR count). The van der Waals surface area contributed by atoms with Crippen LogP contribution in [0.25, 0.3) is 0 Å². The first-order valence-corrected chi connectivity index (χ1v) is 7.68. The molecule has 3 heteroatoms. The highest BCUT2D eigenvalue weighted by molar-refractivity contribution is 5.51. The van der Waals surface area contributed by atoms with Crippen molar-refractivity contribution in [1.29, 1.82) is 0 Å². The fourth-order valence-electron chi connectivity index (χ4n) is 2.64. The van der Waals surface area contributed by atoms with Gasteiger partial charge in [-0.2, -0.15) is 0 Å². The van der Waals surface area contributed by atoms with Gasteiger partial charge in [0.15, 0.2) is 11.5 Å². The van der Waals surface area contributed by atoms with Crippen molar-refractivity contribution >= 4 is 0 Å². The number of hydrogen-bond acceptors (Lipinski definition) is 3. The Labute approximate surface area is 131 Å². The van der Waals surface area contributed by atoms with Gasteiger partial charge in [0.25, 0.3) is 0 Å². The molecule has 0 N–H and O–H groups in total. The molecule has 2 aromatic rings. The molecule has 0 heterocycles. The summed E-state index contributed by atoms with van der Waals surface area (Å²) in [4.78, 5) is 0. The lowest BCUT2D eigenvalue weighted by molar-refractivity contribution is 0.177. The van der Waals surface area contributed by atoms with Crippen LogP contribution >= 0.6 is 0 Å². The maximum Gasteiger partial charge on any atom is 0.167 e. The van der Waals surface area contributed by atoms with E-state index in [0.29, 0.717) is 19.1 Å². The number of ether oxygens (including phenoxy) is 3. The lowest BCUT2D eigenvalue weighted by Crippen LogP contribution is -2.03. The van der Waals surface area contributed by atoms with Crippen molar-refractivity contribution in [3.63, 3.8) is 0 Å². The second-order valence-electron chi connectivity index (χ2n) is 5.69. The van der Waals surface area contributed by atoms with Crippen molar-refractivity contribution in [3.05, 3.63) is 59.2 Å². The van der Waals surface area contributed by atoms with E-state index in [1.165, 1.54) is 18.4 Å². The minimum Gasteiger partial charge on any atom is -0.493 e. The fraction of sp³-hybridized carbons (Fsp3) is 0.368. The van der Waals surface area contributed by atoms with Gasteiger partial charge in [0.1, 0.15) is 6.61 Å². The normalized spacial score (nSPS) is 13.9. The van der Waals surface area contributed by atoms with E-state index in [4.69, 9.17) is 14.2 Å². The number of methoxy groups -OCH3 is 2. The molecule has 1 saturated carbocycles. The summed E-state index contributed by atoms with van der Waals surface area (Å²) >= 11 is 0. The van der Waals surface area contributed by atoms with Gasteiger partial charge < -0.3 is 14.2 Å². The molecule has 1 fully saturated rings. The lowest BCUT2D eigenvalue weighted by atomic mass is 10.1. The topological polar surface area (TPSA) is 27.7 Å². The lowest BCUT2D eigenvalue weighted by Gasteiger charge is -2.17. The average Bonchev–Trinajstić information content (AvgIpc) is 3.39. The van der Waals surface area contributed by atoms with E-state index in [9.17, 15) is 0 Å². The summed E-state index contributed by atoms with van der Waals surface area (Å²) in [5.74, 6) is 2.26. The van der Waals surface area contributed by atoms with E-state index in [1.54, 1.807) is 14.2 Å². The molecule has 3 nitrogen and oxygen atoms in total. The molecule has 2 aromatic carbocycles. The van der Waals surface area contributed by atoms with Crippen molar-refractivity contribution in [3.8, 4) is 11.5 Å². The quantitative estimate of drug-likeness (QED) is 0.763. The summed E-state index contributed by atoms with van der Waals surface area (Å²) in [6.07, 6.45) is 2.53. The zero-order chi connectivity index (χ0) is 15.4. The fourth-order valence-corrected chi connectivity index (χ4v) is 2.64. The summed E-state index contributed by atoms with van der Waals surface area (Å²) in [6.45, 7) is 1.05. The van der Waals surface area contributed by atoms with Crippen molar-refractivity contribution < 1.29 is 14.2 Å². The molecular weight excluding hydrogens is 276 g/mol. The Morgan fingerprint density at radius 3 is 2.41 bits per heavy atom. The second kappa shape index (κ2) is 6.84. The zero-order valence-corrected chi connectivity index (χ0v) is 13.2. The molecule has 116 valence electrons. The zero-order valence-electron chi connectivity index (χ0n) is 13.2. The van der Waals surface area contributed by atoms with E-state index in [0.717, 1.165) is 22.6 Å². The molecule has 0 spiro atoms. The summed E-state index contributed by atoms with van der Waals surface area (Å²) in [5, 5.41) is 0. The van der Waals surface area contributed by atoms with Crippen LogP contribution in [-0.4, -0.2) is 14.2 Å². The minimum atomic E-state index is 0.524. The van der Waals surface area contributed by atoms with Gasteiger partial charge in [0.05, 0.1) is 13.7 Å². The predicted octanol–water partition coefficient (Wildman–Crippen LogP) is 4.30. The Balaban J connectivity index is 1.86. The van der Waals surface area contributed by atoms with Crippen LogP contribution in [0, 0.1) is 0 Å². The van der Waals surface area contributed by atoms with E-state index in [2.05, 4.69) is 24.3 Å². The summed E-state index contributed by atoms with van der Waals surface area (Å²) in [6, 6.07) is 14.5. The van der Waals surface area contributed by atoms with Gasteiger partial charge in [-0.05, 0) is 42.0 Å². The Morgan fingerprint density at radius 2 is 1.77 bits per heavy atom. The molecule has 1 aliphatic rings. The molecule has 0 unspecified atom stereocenters. The third-order valence-electron chi connectivity index (χ3n) is 3.95. The van der Waals surface area contributed by atoms with E-state index >= 15 is 0 Å². The third-order valence-corrected chi connectivity index (χ3v) is 3.95. The summed E-state index contributed by atoms with van der Waals surface area (Å²) in [7, 11) is 3.40. The molecular formula is C19H22O3. The highest BCUT2D eigenvalue weighted by atomic mass is 16.5. The average molecular weight is 298 g/mol. The number of benzene rings is 2. The smallest absolute Gasteiger partial charge is 0.167 e.